The Morgan fingerprint density at radius 1 is 1.53 bits per heavy atom. The fourth-order valence-corrected chi connectivity index (χ4v) is 2.33. The summed E-state index contributed by atoms with van der Waals surface area (Å²) in [6.07, 6.45) is 3.00. The van der Waals surface area contributed by atoms with Crippen LogP contribution in [0.25, 0.3) is 0 Å². The standard InChI is InChI=1S/C12H23N3/c1-6-13-10(2)9-12(3,4)11-7-8-14-15(11)5/h7-8,10,13H,6,9H2,1-5H3. The van der Waals surface area contributed by atoms with Crippen LogP contribution in [0.3, 0.4) is 0 Å². The van der Waals surface area contributed by atoms with Crippen LogP contribution < -0.4 is 5.32 Å². The third kappa shape index (κ3) is 3.06. The zero-order chi connectivity index (χ0) is 11.5. The summed E-state index contributed by atoms with van der Waals surface area (Å²) in [6.45, 7) is 9.97. The number of nitrogens with one attached hydrogen (secondary N) is 1. The van der Waals surface area contributed by atoms with Gasteiger partial charge < -0.3 is 5.32 Å². The van der Waals surface area contributed by atoms with Crippen molar-refractivity contribution in [1.82, 2.24) is 15.1 Å². The molecule has 0 fully saturated rings. The largest absolute Gasteiger partial charge is 0.314 e. The summed E-state index contributed by atoms with van der Waals surface area (Å²) >= 11 is 0. The minimum absolute atomic E-state index is 0.173. The van der Waals surface area contributed by atoms with Crippen molar-refractivity contribution in [2.75, 3.05) is 6.54 Å². The van der Waals surface area contributed by atoms with E-state index in [-0.39, 0.29) is 5.41 Å². The highest BCUT2D eigenvalue weighted by Crippen LogP contribution is 2.27. The van der Waals surface area contributed by atoms with Crippen molar-refractivity contribution in [2.24, 2.45) is 7.05 Å². The summed E-state index contributed by atoms with van der Waals surface area (Å²) in [4.78, 5) is 0. The third-order valence-electron chi connectivity index (χ3n) is 2.88. The minimum Gasteiger partial charge on any atom is -0.314 e. The molecule has 1 unspecified atom stereocenters. The van der Waals surface area contributed by atoms with Crippen LogP contribution in [0.4, 0.5) is 0 Å². The summed E-state index contributed by atoms with van der Waals surface area (Å²) < 4.78 is 1.97. The molecule has 15 heavy (non-hydrogen) atoms. The van der Waals surface area contributed by atoms with Crippen molar-refractivity contribution in [2.45, 2.75) is 45.6 Å². The van der Waals surface area contributed by atoms with Gasteiger partial charge in [0.1, 0.15) is 0 Å². The molecule has 1 aromatic heterocycles. The van der Waals surface area contributed by atoms with Crippen LogP contribution in [0, 0.1) is 0 Å². The Labute approximate surface area is 92.9 Å². The lowest BCUT2D eigenvalue weighted by atomic mass is 9.83. The first-order valence-corrected chi connectivity index (χ1v) is 5.69. The van der Waals surface area contributed by atoms with Gasteiger partial charge in [-0.15, -0.1) is 0 Å². The number of aromatic nitrogens is 2. The SMILES string of the molecule is CCNC(C)CC(C)(C)c1ccnn1C. The van der Waals surface area contributed by atoms with Crippen LogP contribution in [0.2, 0.25) is 0 Å². The molecular weight excluding hydrogens is 186 g/mol. The molecule has 0 saturated carbocycles. The fourth-order valence-electron chi connectivity index (χ4n) is 2.33. The van der Waals surface area contributed by atoms with Gasteiger partial charge in [0, 0.05) is 30.4 Å². The molecule has 1 N–H and O–H groups in total. The Hall–Kier alpha value is -0.830. The van der Waals surface area contributed by atoms with Crippen molar-refractivity contribution in [3.63, 3.8) is 0 Å². The molecule has 0 radical (unpaired) electrons. The molecule has 0 saturated heterocycles. The van der Waals surface area contributed by atoms with Crippen LogP contribution in [0.5, 0.6) is 0 Å². The van der Waals surface area contributed by atoms with E-state index in [1.54, 1.807) is 0 Å². The maximum Gasteiger partial charge on any atom is 0.0492 e. The second-order valence-corrected chi connectivity index (χ2v) is 4.89. The van der Waals surface area contributed by atoms with Crippen molar-refractivity contribution in [3.8, 4) is 0 Å². The average Bonchev–Trinajstić information content (AvgIpc) is 2.51. The highest BCUT2D eigenvalue weighted by molar-refractivity contribution is 5.13. The topological polar surface area (TPSA) is 29.9 Å². The van der Waals surface area contributed by atoms with Gasteiger partial charge >= 0.3 is 0 Å². The fraction of sp³-hybridized carbons (Fsp3) is 0.750. The second kappa shape index (κ2) is 4.79. The summed E-state index contributed by atoms with van der Waals surface area (Å²) in [6, 6.07) is 2.65. The van der Waals surface area contributed by atoms with Gasteiger partial charge in [-0.25, -0.2) is 0 Å². The van der Waals surface area contributed by atoms with Gasteiger partial charge in [0.05, 0.1) is 0 Å². The van der Waals surface area contributed by atoms with E-state index in [2.05, 4.69) is 44.2 Å². The number of hydrogen-bond acceptors (Lipinski definition) is 2. The maximum atomic E-state index is 4.23. The number of nitrogens with zero attached hydrogens (tertiary/aromatic N) is 2. The van der Waals surface area contributed by atoms with Crippen LogP contribution in [0.1, 0.15) is 39.8 Å². The van der Waals surface area contributed by atoms with Gasteiger partial charge in [-0.1, -0.05) is 20.8 Å². The summed E-state index contributed by atoms with van der Waals surface area (Å²) in [7, 11) is 2.01. The first-order valence-electron chi connectivity index (χ1n) is 5.69. The Morgan fingerprint density at radius 3 is 2.67 bits per heavy atom. The Morgan fingerprint density at radius 2 is 2.20 bits per heavy atom. The maximum absolute atomic E-state index is 4.23. The quantitative estimate of drug-likeness (QED) is 0.804. The predicted molar refractivity (Wildman–Crippen MR) is 64.0 cm³/mol. The molecule has 3 nitrogen and oxygen atoms in total. The first-order chi connectivity index (χ1) is 6.97. The first kappa shape index (κ1) is 12.2. The molecule has 0 bridgehead atoms. The van der Waals surface area contributed by atoms with Gasteiger partial charge in [0.2, 0.25) is 0 Å². The number of rotatable bonds is 5. The van der Waals surface area contributed by atoms with E-state index in [1.165, 1.54) is 5.69 Å². The Kier molecular flexibility index (Phi) is 3.91. The highest BCUT2D eigenvalue weighted by Gasteiger charge is 2.25. The molecule has 1 heterocycles. The second-order valence-electron chi connectivity index (χ2n) is 4.89. The van der Waals surface area contributed by atoms with Crippen molar-refractivity contribution < 1.29 is 0 Å². The van der Waals surface area contributed by atoms with Crippen LogP contribution in [-0.2, 0) is 12.5 Å². The lowest BCUT2D eigenvalue weighted by Crippen LogP contribution is -2.34. The van der Waals surface area contributed by atoms with Gasteiger partial charge in [-0.3, -0.25) is 4.68 Å². The van der Waals surface area contributed by atoms with Gasteiger partial charge in [-0.2, -0.15) is 5.10 Å². The summed E-state index contributed by atoms with van der Waals surface area (Å²) in [5.74, 6) is 0. The number of aryl methyl sites for hydroxylation is 1. The molecule has 1 aromatic rings. The molecular formula is C12H23N3. The Balaban J connectivity index is 2.71. The molecule has 3 heteroatoms. The van der Waals surface area contributed by atoms with E-state index >= 15 is 0 Å². The lowest BCUT2D eigenvalue weighted by molar-refractivity contribution is 0.374. The molecule has 0 amide bonds. The average molecular weight is 209 g/mol. The Bertz CT molecular complexity index is 302. The van der Waals surface area contributed by atoms with Crippen molar-refractivity contribution >= 4 is 0 Å². The molecule has 0 aliphatic carbocycles. The van der Waals surface area contributed by atoms with Crippen LogP contribution in [-0.4, -0.2) is 22.4 Å². The monoisotopic (exact) mass is 209 g/mol. The molecule has 86 valence electrons. The van der Waals surface area contributed by atoms with Crippen molar-refractivity contribution in [1.29, 1.82) is 0 Å². The normalized spacial score (nSPS) is 14.2. The van der Waals surface area contributed by atoms with E-state index in [4.69, 9.17) is 0 Å². The zero-order valence-corrected chi connectivity index (χ0v) is 10.5. The van der Waals surface area contributed by atoms with E-state index in [9.17, 15) is 0 Å². The summed E-state index contributed by atoms with van der Waals surface area (Å²) in [5, 5.41) is 7.69. The van der Waals surface area contributed by atoms with E-state index in [0.717, 1.165) is 13.0 Å². The van der Waals surface area contributed by atoms with E-state index in [0.29, 0.717) is 6.04 Å². The predicted octanol–water partition coefficient (Wildman–Crippen LogP) is 2.09. The molecule has 1 atom stereocenters. The lowest BCUT2D eigenvalue weighted by Gasteiger charge is -2.28. The summed E-state index contributed by atoms with van der Waals surface area (Å²) in [5.41, 5.74) is 1.47. The minimum atomic E-state index is 0.173. The third-order valence-corrected chi connectivity index (χ3v) is 2.88. The van der Waals surface area contributed by atoms with Crippen LogP contribution >= 0.6 is 0 Å². The molecule has 1 rings (SSSR count). The van der Waals surface area contributed by atoms with Crippen LogP contribution in [0.15, 0.2) is 12.3 Å². The van der Waals surface area contributed by atoms with Gasteiger partial charge in [0.25, 0.3) is 0 Å². The van der Waals surface area contributed by atoms with E-state index < -0.39 is 0 Å². The smallest absolute Gasteiger partial charge is 0.0492 e. The van der Waals surface area contributed by atoms with Crippen molar-refractivity contribution in [3.05, 3.63) is 18.0 Å². The molecule has 0 aromatic carbocycles. The molecule has 0 aliphatic heterocycles. The van der Waals surface area contributed by atoms with E-state index in [1.807, 2.05) is 17.9 Å². The molecule has 0 aliphatic rings. The van der Waals surface area contributed by atoms with Gasteiger partial charge in [-0.05, 0) is 26.0 Å². The highest BCUT2D eigenvalue weighted by atomic mass is 15.3. The zero-order valence-electron chi connectivity index (χ0n) is 10.5. The van der Waals surface area contributed by atoms with Gasteiger partial charge in [0.15, 0.2) is 0 Å². The molecule has 0 spiro atoms. The number of hydrogen-bond donors (Lipinski definition) is 1.